The van der Waals surface area contributed by atoms with Crippen molar-refractivity contribution in [3.63, 3.8) is 0 Å². The average Bonchev–Trinajstić information content (AvgIpc) is 2.38. The summed E-state index contributed by atoms with van der Waals surface area (Å²) in [5, 5.41) is 0.685. The Bertz CT molecular complexity index is 384. The summed E-state index contributed by atoms with van der Waals surface area (Å²) < 4.78 is 11.1. The van der Waals surface area contributed by atoms with E-state index in [1.807, 2.05) is 18.2 Å². The van der Waals surface area contributed by atoms with Gasteiger partial charge in [0, 0.05) is 13.2 Å². The predicted molar refractivity (Wildman–Crippen MR) is 70.6 cm³/mol. The third kappa shape index (κ3) is 3.48. The minimum Gasteiger partial charge on any atom is -0.493 e. The second-order valence-corrected chi connectivity index (χ2v) is 4.66. The van der Waals surface area contributed by atoms with Crippen LogP contribution in [0.5, 0.6) is 5.75 Å². The van der Waals surface area contributed by atoms with Gasteiger partial charge in [0.05, 0.1) is 11.6 Å². The van der Waals surface area contributed by atoms with Crippen molar-refractivity contribution in [2.45, 2.75) is 12.8 Å². The zero-order valence-corrected chi connectivity index (χ0v) is 10.6. The molecular formula is C14H17ClO2. The number of rotatable bonds is 4. The van der Waals surface area contributed by atoms with Crippen LogP contribution in [-0.4, -0.2) is 19.8 Å². The van der Waals surface area contributed by atoms with Crippen molar-refractivity contribution in [1.82, 2.24) is 0 Å². The summed E-state index contributed by atoms with van der Waals surface area (Å²) in [5.41, 5.74) is 0.935. The Hall–Kier alpha value is -0.990. The first-order valence-electron chi connectivity index (χ1n) is 5.92. The van der Waals surface area contributed by atoms with Crippen LogP contribution in [0.3, 0.4) is 0 Å². The highest BCUT2D eigenvalue weighted by molar-refractivity contribution is 6.32. The van der Waals surface area contributed by atoms with Crippen LogP contribution in [0, 0.1) is 5.92 Å². The molecule has 0 saturated carbocycles. The fourth-order valence-electron chi connectivity index (χ4n) is 1.89. The molecule has 3 heteroatoms. The molecule has 0 amide bonds. The molecule has 1 aliphatic rings. The van der Waals surface area contributed by atoms with E-state index in [0.717, 1.165) is 44.0 Å². The molecule has 2 rings (SSSR count). The first kappa shape index (κ1) is 12.5. The van der Waals surface area contributed by atoms with Crippen LogP contribution < -0.4 is 4.74 Å². The van der Waals surface area contributed by atoms with Crippen LogP contribution in [0.1, 0.15) is 18.4 Å². The maximum absolute atomic E-state index is 6.08. The molecule has 1 aromatic rings. The second kappa shape index (κ2) is 6.08. The van der Waals surface area contributed by atoms with Gasteiger partial charge in [-0.25, -0.2) is 0 Å². The highest BCUT2D eigenvalue weighted by atomic mass is 35.5. The molecule has 1 fully saturated rings. The van der Waals surface area contributed by atoms with E-state index in [9.17, 15) is 0 Å². The topological polar surface area (TPSA) is 18.5 Å². The average molecular weight is 253 g/mol. The molecule has 1 aromatic carbocycles. The van der Waals surface area contributed by atoms with Crippen LogP contribution in [-0.2, 0) is 4.74 Å². The van der Waals surface area contributed by atoms with Crippen molar-refractivity contribution in [1.29, 1.82) is 0 Å². The van der Waals surface area contributed by atoms with Gasteiger partial charge >= 0.3 is 0 Å². The number of hydrogen-bond acceptors (Lipinski definition) is 2. The van der Waals surface area contributed by atoms with Crippen molar-refractivity contribution < 1.29 is 9.47 Å². The van der Waals surface area contributed by atoms with Gasteiger partial charge < -0.3 is 9.47 Å². The molecule has 0 spiro atoms. The monoisotopic (exact) mass is 252 g/mol. The quantitative estimate of drug-likeness (QED) is 0.812. The van der Waals surface area contributed by atoms with Gasteiger partial charge in [-0.2, -0.15) is 0 Å². The Morgan fingerprint density at radius 1 is 1.41 bits per heavy atom. The molecule has 2 nitrogen and oxygen atoms in total. The third-order valence-corrected chi connectivity index (χ3v) is 3.35. The third-order valence-electron chi connectivity index (χ3n) is 3.02. The van der Waals surface area contributed by atoms with E-state index in [4.69, 9.17) is 21.1 Å². The van der Waals surface area contributed by atoms with Crippen LogP contribution in [0.4, 0.5) is 0 Å². The van der Waals surface area contributed by atoms with E-state index < -0.39 is 0 Å². The molecule has 0 atom stereocenters. The number of ether oxygens (including phenoxy) is 2. The first-order chi connectivity index (χ1) is 8.29. The summed E-state index contributed by atoms with van der Waals surface area (Å²) >= 11 is 6.08. The molecule has 0 bridgehead atoms. The number of benzene rings is 1. The smallest absolute Gasteiger partial charge is 0.120 e. The molecule has 0 N–H and O–H groups in total. The Labute approximate surface area is 107 Å². The van der Waals surface area contributed by atoms with E-state index in [1.54, 1.807) is 6.08 Å². The molecule has 1 saturated heterocycles. The molecule has 17 heavy (non-hydrogen) atoms. The fraction of sp³-hybridized carbons (Fsp3) is 0.429. The number of hydrogen-bond donors (Lipinski definition) is 0. The van der Waals surface area contributed by atoms with Gasteiger partial charge in [-0.15, -0.1) is 0 Å². The van der Waals surface area contributed by atoms with Crippen molar-refractivity contribution in [2.75, 3.05) is 19.8 Å². The van der Waals surface area contributed by atoms with Crippen molar-refractivity contribution >= 4 is 17.7 Å². The molecule has 0 unspecified atom stereocenters. The predicted octanol–water partition coefficient (Wildman–Crippen LogP) is 3.79. The van der Waals surface area contributed by atoms with E-state index in [-0.39, 0.29) is 0 Å². The maximum Gasteiger partial charge on any atom is 0.120 e. The summed E-state index contributed by atoms with van der Waals surface area (Å²) in [5.74, 6) is 1.42. The largest absolute Gasteiger partial charge is 0.493 e. The lowest BCUT2D eigenvalue weighted by Crippen LogP contribution is -2.21. The lowest BCUT2D eigenvalue weighted by Gasteiger charge is -2.22. The summed E-state index contributed by atoms with van der Waals surface area (Å²) in [4.78, 5) is 0. The zero-order chi connectivity index (χ0) is 12.1. The van der Waals surface area contributed by atoms with Crippen LogP contribution in [0.25, 0.3) is 6.08 Å². The Morgan fingerprint density at radius 3 is 2.82 bits per heavy atom. The Balaban J connectivity index is 1.90. The highest BCUT2D eigenvalue weighted by Crippen LogP contribution is 2.24. The highest BCUT2D eigenvalue weighted by Gasteiger charge is 2.14. The van der Waals surface area contributed by atoms with Crippen LogP contribution >= 0.6 is 11.6 Å². The van der Waals surface area contributed by atoms with Gasteiger partial charge in [-0.05, 0) is 42.5 Å². The first-order valence-corrected chi connectivity index (χ1v) is 6.30. The minimum atomic E-state index is 0.599. The molecule has 0 aliphatic carbocycles. The van der Waals surface area contributed by atoms with Crippen molar-refractivity contribution in [3.8, 4) is 5.75 Å². The lowest BCUT2D eigenvalue weighted by molar-refractivity contribution is 0.0497. The van der Waals surface area contributed by atoms with Gasteiger partial charge in [0.1, 0.15) is 5.75 Å². The summed E-state index contributed by atoms with van der Waals surface area (Å²) in [7, 11) is 0. The van der Waals surface area contributed by atoms with Crippen LogP contribution in [0.2, 0.25) is 5.02 Å². The van der Waals surface area contributed by atoms with E-state index in [0.29, 0.717) is 10.9 Å². The van der Waals surface area contributed by atoms with Crippen molar-refractivity contribution in [2.24, 2.45) is 5.92 Å². The molecule has 1 aliphatic heterocycles. The molecule has 92 valence electrons. The summed E-state index contributed by atoms with van der Waals surface area (Å²) in [6, 6.07) is 5.70. The van der Waals surface area contributed by atoms with Gasteiger partial charge in [0.15, 0.2) is 0 Å². The van der Waals surface area contributed by atoms with Crippen molar-refractivity contribution in [3.05, 3.63) is 35.4 Å². The number of halogens is 1. The maximum atomic E-state index is 6.08. The van der Waals surface area contributed by atoms with Gasteiger partial charge in [-0.3, -0.25) is 0 Å². The molecule has 0 radical (unpaired) electrons. The normalized spacial score (nSPS) is 16.8. The van der Waals surface area contributed by atoms with E-state index >= 15 is 0 Å². The Morgan fingerprint density at radius 2 is 2.18 bits per heavy atom. The molecule has 0 aromatic heterocycles. The van der Waals surface area contributed by atoms with Crippen LogP contribution in [0.15, 0.2) is 24.8 Å². The SMILES string of the molecule is C=Cc1ccc(OCC2CCOCC2)cc1Cl. The van der Waals surface area contributed by atoms with Gasteiger partial charge in [0.25, 0.3) is 0 Å². The minimum absolute atomic E-state index is 0.599. The van der Waals surface area contributed by atoms with E-state index in [2.05, 4.69) is 6.58 Å². The molecular weight excluding hydrogens is 236 g/mol. The van der Waals surface area contributed by atoms with Gasteiger partial charge in [0.2, 0.25) is 0 Å². The lowest BCUT2D eigenvalue weighted by atomic mass is 10.0. The second-order valence-electron chi connectivity index (χ2n) is 4.25. The fourth-order valence-corrected chi connectivity index (χ4v) is 2.14. The zero-order valence-electron chi connectivity index (χ0n) is 9.82. The summed E-state index contributed by atoms with van der Waals surface area (Å²) in [6.45, 7) is 6.15. The molecule has 1 heterocycles. The summed E-state index contributed by atoms with van der Waals surface area (Å²) in [6.07, 6.45) is 3.90. The van der Waals surface area contributed by atoms with Gasteiger partial charge in [-0.1, -0.05) is 24.3 Å². The Kier molecular flexibility index (Phi) is 4.46. The van der Waals surface area contributed by atoms with E-state index in [1.165, 1.54) is 0 Å². The standard InChI is InChI=1S/C14H17ClO2/c1-2-12-3-4-13(9-14(12)15)17-10-11-5-7-16-8-6-11/h2-4,9,11H,1,5-8,10H2.